The third-order valence-corrected chi connectivity index (χ3v) is 1.37. The van der Waals surface area contributed by atoms with Gasteiger partial charge in [0.2, 0.25) is 0 Å². The van der Waals surface area contributed by atoms with Crippen LogP contribution in [0.3, 0.4) is 0 Å². The van der Waals surface area contributed by atoms with Crippen molar-refractivity contribution < 1.29 is 4.28 Å². The molecule has 2 N–H and O–H groups in total. The van der Waals surface area contributed by atoms with E-state index in [1.54, 1.807) is 5.41 Å². The lowest BCUT2D eigenvalue weighted by Gasteiger charge is -2.01. The second-order valence-electron chi connectivity index (χ2n) is 1.13. The lowest BCUT2D eigenvalue weighted by Crippen LogP contribution is -2.06. The number of nitrogens with zero attached hydrogens (tertiary/aromatic N) is 1. The van der Waals surface area contributed by atoms with Crippen LogP contribution in [0.5, 0.6) is 0 Å². The molecule has 0 saturated carbocycles. The van der Waals surface area contributed by atoms with Crippen LogP contribution in [0.15, 0.2) is 16.3 Å². The maximum absolute atomic E-state index is 5.39. The van der Waals surface area contributed by atoms with E-state index in [4.69, 9.17) is 17.3 Å². The SMILES string of the molecule is NC1=CSON=C1Cl. The monoisotopic (exact) mass is 150 g/mol. The van der Waals surface area contributed by atoms with Gasteiger partial charge in [0.05, 0.1) is 5.70 Å². The minimum Gasteiger partial charge on any atom is -0.396 e. The molecule has 0 radical (unpaired) electrons. The minimum atomic E-state index is 0.212. The van der Waals surface area contributed by atoms with Gasteiger partial charge in [-0.05, 0) is 0 Å². The van der Waals surface area contributed by atoms with Gasteiger partial charge in [0.15, 0.2) is 5.17 Å². The Morgan fingerprint density at radius 2 is 2.62 bits per heavy atom. The van der Waals surface area contributed by atoms with Gasteiger partial charge in [-0.25, -0.2) is 0 Å². The summed E-state index contributed by atoms with van der Waals surface area (Å²) < 4.78 is 4.47. The Hall–Kier alpha value is -0.350. The number of rotatable bonds is 0. The maximum atomic E-state index is 5.39. The molecule has 0 saturated heterocycles. The Labute approximate surface area is 55.7 Å². The molecule has 0 aromatic rings. The van der Waals surface area contributed by atoms with E-state index < -0.39 is 0 Å². The predicted octanol–water partition coefficient (Wildman–Crippen LogP) is 1.02. The molecule has 0 fully saturated rings. The minimum absolute atomic E-state index is 0.212. The van der Waals surface area contributed by atoms with Crippen LogP contribution in [0.4, 0.5) is 0 Å². The molecule has 0 spiro atoms. The average molecular weight is 151 g/mol. The molecule has 1 rings (SSSR count). The van der Waals surface area contributed by atoms with Crippen LogP contribution in [0.25, 0.3) is 0 Å². The van der Waals surface area contributed by atoms with Crippen molar-refractivity contribution in [2.75, 3.05) is 0 Å². The van der Waals surface area contributed by atoms with E-state index in [2.05, 4.69) is 9.44 Å². The first-order chi connectivity index (χ1) is 3.80. The molecule has 1 heterocycles. The highest BCUT2D eigenvalue weighted by molar-refractivity contribution is 7.97. The Morgan fingerprint density at radius 1 is 1.88 bits per heavy atom. The number of nitrogens with two attached hydrogens (primary N) is 1. The topological polar surface area (TPSA) is 47.6 Å². The van der Waals surface area contributed by atoms with E-state index in [1.807, 2.05) is 0 Å². The van der Waals surface area contributed by atoms with E-state index in [9.17, 15) is 0 Å². The first kappa shape index (κ1) is 5.78. The second-order valence-corrected chi connectivity index (χ2v) is 2.06. The van der Waals surface area contributed by atoms with Gasteiger partial charge in [0.25, 0.3) is 0 Å². The summed E-state index contributed by atoms with van der Waals surface area (Å²) in [5.74, 6) is 0. The standard InChI is InChI=1S/C3H3ClN2OS/c4-3-2(5)1-8-7-6-3/h1H,5H2. The van der Waals surface area contributed by atoms with Crippen molar-refractivity contribution in [1.82, 2.24) is 0 Å². The molecule has 0 amide bonds. The summed E-state index contributed by atoms with van der Waals surface area (Å²) in [6.45, 7) is 0. The smallest absolute Gasteiger partial charge is 0.193 e. The van der Waals surface area contributed by atoms with Crippen LogP contribution in [0.2, 0.25) is 0 Å². The zero-order chi connectivity index (χ0) is 5.98. The van der Waals surface area contributed by atoms with Gasteiger partial charge >= 0.3 is 0 Å². The molecular formula is C3H3ClN2OS. The predicted molar refractivity (Wildman–Crippen MR) is 34.2 cm³/mol. The van der Waals surface area contributed by atoms with Gasteiger partial charge in [-0.1, -0.05) is 16.8 Å². The molecule has 0 aliphatic carbocycles. The summed E-state index contributed by atoms with van der Waals surface area (Å²) in [5, 5.41) is 5.15. The number of hydrogen-bond donors (Lipinski definition) is 1. The Morgan fingerprint density at radius 3 is 3.00 bits per heavy atom. The zero-order valence-corrected chi connectivity index (χ0v) is 5.37. The molecule has 0 unspecified atom stereocenters. The van der Waals surface area contributed by atoms with Gasteiger partial charge in [-0.15, -0.1) is 0 Å². The van der Waals surface area contributed by atoms with Gasteiger partial charge in [0.1, 0.15) is 12.0 Å². The Kier molecular flexibility index (Phi) is 1.65. The van der Waals surface area contributed by atoms with E-state index in [0.717, 1.165) is 12.0 Å². The highest BCUT2D eigenvalue weighted by Crippen LogP contribution is 2.15. The van der Waals surface area contributed by atoms with Crippen LogP contribution < -0.4 is 5.73 Å². The first-order valence-corrected chi connectivity index (χ1v) is 3.01. The van der Waals surface area contributed by atoms with E-state index in [1.165, 1.54) is 0 Å². The highest BCUT2D eigenvalue weighted by Gasteiger charge is 2.03. The average Bonchev–Trinajstić information content (AvgIpc) is 1.77. The highest BCUT2D eigenvalue weighted by atomic mass is 35.5. The Balaban J connectivity index is 2.73. The molecule has 1 aliphatic rings. The normalized spacial score (nSPS) is 18.6. The summed E-state index contributed by atoms with van der Waals surface area (Å²) >= 11 is 6.43. The van der Waals surface area contributed by atoms with Crippen LogP contribution in [0.1, 0.15) is 0 Å². The summed E-state index contributed by atoms with van der Waals surface area (Å²) in [6.07, 6.45) is 0. The molecule has 0 atom stereocenters. The number of halogens is 1. The van der Waals surface area contributed by atoms with Crippen LogP contribution >= 0.6 is 23.6 Å². The van der Waals surface area contributed by atoms with Crippen molar-refractivity contribution in [2.24, 2.45) is 10.9 Å². The summed E-state index contributed by atoms with van der Waals surface area (Å²) in [5.41, 5.74) is 5.72. The molecule has 0 bridgehead atoms. The van der Waals surface area contributed by atoms with Crippen molar-refractivity contribution in [1.29, 1.82) is 0 Å². The van der Waals surface area contributed by atoms with Gasteiger partial charge in [0, 0.05) is 5.41 Å². The molecule has 1 aliphatic heterocycles. The van der Waals surface area contributed by atoms with Gasteiger partial charge < -0.3 is 10.0 Å². The molecule has 0 aromatic heterocycles. The van der Waals surface area contributed by atoms with Crippen molar-refractivity contribution in [2.45, 2.75) is 0 Å². The lowest BCUT2D eigenvalue weighted by atomic mass is 10.6. The van der Waals surface area contributed by atoms with Gasteiger partial charge in [-0.3, -0.25) is 0 Å². The molecule has 8 heavy (non-hydrogen) atoms. The quantitative estimate of drug-likeness (QED) is 0.525. The Bertz CT molecular complexity index is 137. The van der Waals surface area contributed by atoms with Gasteiger partial charge in [-0.2, -0.15) is 0 Å². The number of allylic oxidation sites excluding steroid dienone is 1. The summed E-state index contributed by atoms with van der Waals surface area (Å²) in [4.78, 5) is 0. The second kappa shape index (κ2) is 2.28. The molecule has 5 heteroatoms. The van der Waals surface area contributed by atoms with Crippen LogP contribution in [0, 0.1) is 0 Å². The lowest BCUT2D eigenvalue weighted by molar-refractivity contribution is 0.409. The van der Waals surface area contributed by atoms with Crippen molar-refractivity contribution in [3.8, 4) is 0 Å². The fraction of sp³-hybridized carbons (Fsp3) is 0. The molecule has 3 nitrogen and oxygen atoms in total. The third kappa shape index (κ3) is 1.08. The zero-order valence-electron chi connectivity index (χ0n) is 3.80. The third-order valence-electron chi connectivity index (χ3n) is 0.574. The number of hydrogen-bond acceptors (Lipinski definition) is 4. The van der Waals surface area contributed by atoms with Crippen molar-refractivity contribution in [3.63, 3.8) is 0 Å². The fourth-order valence-corrected chi connectivity index (χ4v) is 0.799. The van der Waals surface area contributed by atoms with E-state index in [0.29, 0.717) is 5.70 Å². The van der Waals surface area contributed by atoms with E-state index in [-0.39, 0.29) is 5.17 Å². The summed E-state index contributed by atoms with van der Waals surface area (Å²) in [7, 11) is 0. The fourth-order valence-electron chi connectivity index (χ4n) is 0.229. The molecular weight excluding hydrogens is 148 g/mol. The maximum Gasteiger partial charge on any atom is 0.193 e. The van der Waals surface area contributed by atoms with Crippen molar-refractivity contribution >= 4 is 28.8 Å². The van der Waals surface area contributed by atoms with Crippen molar-refractivity contribution in [3.05, 3.63) is 11.1 Å². The van der Waals surface area contributed by atoms with E-state index >= 15 is 0 Å². The largest absolute Gasteiger partial charge is 0.396 e. The molecule has 0 aromatic carbocycles. The van der Waals surface area contributed by atoms with Crippen LogP contribution in [-0.4, -0.2) is 5.17 Å². The first-order valence-electron chi connectivity index (χ1n) is 1.82. The number of oxime groups is 1. The van der Waals surface area contributed by atoms with Crippen LogP contribution in [-0.2, 0) is 4.28 Å². The molecule has 44 valence electrons. The summed E-state index contributed by atoms with van der Waals surface area (Å²) in [6, 6.07) is 0.